The van der Waals surface area contributed by atoms with Gasteiger partial charge in [-0.3, -0.25) is 0 Å². The van der Waals surface area contributed by atoms with Gasteiger partial charge in [-0.1, -0.05) is 29.5 Å². The van der Waals surface area contributed by atoms with Crippen molar-refractivity contribution in [1.82, 2.24) is 0 Å². The van der Waals surface area contributed by atoms with Gasteiger partial charge in [-0.15, -0.1) is 12.6 Å². The van der Waals surface area contributed by atoms with Gasteiger partial charge in [0.25, 0.3) is 0 Å². The molecular weight excluding hydrogens is 224 g/mol. The molecule has 0 bridgehead atoms. The summed E-state index contributed by atoms with van der Waals surface area (Å²) in [5.74, 6) is 0. The fourth-order valence-electron chi connectivity index (χ4n) is 0.962. The van der Waals surface area contributed by atoms with E-state index in [1.54, 1.807) is 0 Å². The number of thioether (sulfide) groups is 1. The number of nitrogens with zero attached hydrogens (tertiary/aromatic N) is 2. The molecule has 74 valence electrons. The summed E-state index contributed by atoms with van der Waals surface area (Å²) in [5.41, 5.74) is 1.18. The van der Waals surface area contributed by atoms with Crippen LogP contribution in [0, 0.1) is 29.6 Å². The van der Waals surface area contributed by atoms with E-state index in [0.717, 1.165) is 10.5 Å². The Balaban J connectivity index is 2.94. The van der Waals surface area contributed by atoms with E-state index < -0.39 is 0 Å². The lowest BCUT2D eigenvalue weighted by molar-refractivity contribution is 1.37. The molecule has 1 aromatic rings. The number of hydrogen-bond donors (Lipinski definition) is 1. The van der Waals surface area contributed by atoms with E-state index in [4.69, 9.17) is 10.5 Å². The summed E-state index contributed by atoms with van der Waals surface area (Å²) < 4.78 is 0.436. The lowest BCUT2D eigenvalue weighted by Crippen LogP contribution is -1.78. The van der Waals surface area contributed by atoms with Crippen LogP contribution in [-0.2, 0) is 0 Å². The number of thiol groups is 1. The molecule has 0 saturated carbocycles. The minimum absolute atomic E-state index is 0.0461. The molecule has 4 heteroatoms. The molecule has 1 rings (SSSR count). The number of hydrogen-bond acceptors (Lipinski definition) is 4. The number of allylic oxidation sites excluding steroid dienone is 1. The van der Waals surface area contributed by atoms with E-state index in [-0.39, 0.29) is 5.57 Å². The average Bonchev–Trinajstić information content (AvgIpc) is 2.19. The van der Waals surface area contributed by atoms with Gasteiger partial charge in [0.05, 0.1) is 4.24 Å². The Morgan fingerprint density at radius 3 is 2.53 bits per heavy atom. The maximum absolute atomic E-state index is 8.64. The molecule has 0 radical (unpaired) electrons. The normalized spacial score (nSPS) is 8.80. The molecule has 1 aromatic carbocycles. The molecule has 0 aromatic heterocycles. The second-order valence-electron chi connectivity index (χ2n) is 2.82. The van der Waals surface area contributed by atoms with Gasteiger partial charge in [0.1, 0.15) is 17.7 Å². The zero-order valence-electron chi connectivity index (χ0n) is 8.06. The van der Waals surface area contributed by atoms with Crippen molar-refractivity contribution in [3.8, 4) is 12.1 Å². The molecule has 0 unspecified atom stereocenters. The van der Waals surface area contributed by atoms with Crippen molar-refractivity contribution in [3.05, 3.63) is 39.6 Å². The number of aryl methyl sites for hydroxylation is 1. The first kappa shape index (κ1) is 11.7. The quantitative estimate of drug-likeness (QED) is 0.483. The Morgan fingerprint density at radius 2 is 2.00 bits per heavy atom. The van der Waals surface area contributed by atoms with Crippen molar-refractivity contribution in [3.63, 3.8) is 0 Å². The Bertz CT molecular complexity index is 462. The van der Waals surface area contributed by atoms with Crippen LogP contribution in [0.1, 0.15) is 5.56 Å². The largest absolute Gasteiger partial charge is 0.192 e. The van der Waals surface area contributed by atoms with Crippen LogP contribution in [0.4, 0.5) is 0 Å². The summed E-state index contributed by atoms with van der Waals surface area (Å²) >= 11 is 5.44. The summed E-state index contributed by atoms with van der Waals surface area (Å²) in [7, 11) is 0. The van der Waals surface area contributed by atoms with Gasteiger partial charge in [0.2, 0.25) is 0 Å². The molecule has 0 saturated heterocycles. The first-order valence-corrected chi connectivity index (χ1v) is 5.41. The second kappa shape index (κ2) is 5.50. The Labute approximate surface area is 98.6 Å². The van der Waals surface area contributed by atoms with Gasteiger partial charge in [-0.2, -0.15) is 10.5 Å². The summed E-state index contributed by atoms with van der Waals surface area (Å²) in [6.07, 6.45) is 0. The van der Waals surface area contributed by atoms with Crippen molar-refractivity contribution in [2.45, 2.75) is 11.8 Å². The van der Waals surface area contributed by atoms with E-state index in [1.165, 1.54) is 11.8 Å². The van der Waals surface area contributed by atoms with Crippen LogP contribution in [0.3, 0.4) is 0 Å². The summed E-state index contributed by atoms with van der Waals surface area (Å²) in [5, 5.41) is 17.3. The van der Waals surface area contributed by atoms with E-state index >= 15 is 0 Å². The lowest BCUT2D eigenvalue weighted by atomic mass is 10.2. The third-order valence-electron chi connectivity index (χ3n) is 1.64. The van der Waals surface area contributed by atoms with Crippen molar-refractivity contribution >= 4 is 24.4 Å². The smallest absolute Gasteiger partial charge is 0.149 e. The molecule has 2 nitrogen and oxygen atoms in total. The van der Waals surface area contributed by atoms with Crippen molar-refractivity contribution < 1.29 is 0 Å². The van der Waals surface area contributed by atoms with E-state index in [2.05, 4.69) is 12.6 Å². The van der Waals surface area contributed by atoms with Gasteiger partial charge in [0, 0.05) is 4.90 Å². The van der Waals surface area contributed by atoms with Crippen LogP contribution in [0.15, 0.2) is 39.0 Å². The summed E-state index contributed by atoms with van der Waals surface area (Å²) in [4.78, 5) is 0.975. The highest BCUT2D eigenvalue weighted by Gasteiger charge is 2.03. The Hall–Kier alpha value is -1.36. The Morgan fingerprint density at radius 1 is 1.33 bits per heavy atom. The molecule has 0 N–H and O–H groups in total. The molecule has 0 aliphatic rings. The topological polar surface area (TPSA) is 47.6 Å². The second-order valence-corrected chi connectivity index (χ2v) is 4.66. The van der Waals surface area contributed by atoms with Crippen molar-refractivity contribution in [2.75, 3.05) is 0 Å². The maximum atomic E-state index is 8.64. The molecular formula is C11H8N2S2. The maximum Gasteiger partial charge on any atom is 0.149 e. The Kier molecular flexibility index (Phi) is 4.30. The first-order chi connectivity index (χ1) is 7.17. The molecule has 0 atom stereocenters. The predicted octanol–water partition coefficient (Wildman–Crippen LogP) is 3.28. The average molecular weight is 232 g/mol. The molecule has 0 spiro atoms. The molecule has 0 heterocycles. The van der Waals surface area contributed by atoms with Gasteiger partial charge < -0.3 is 0 Å². The van der Waals surface area contributed by atoms with Gasteiger partial charge in [-0.25, -0.2) is 0 Å². The van der Waals surface area contributed by atoms with Crippen LogP contribution in [0.5, 0.6) is 0 Å². The summed E-state index contributed by atoms with van der Waals surface area (Å²) in [6, 6.07) is 11.4. The first-order valence-electron chi connectivity index (χ1n) is 4.15. The number of benzene rings is 1. The summed E-state index contributed by atoms with van der Waals surface area (Å²) in [6.45, 7) is 1.99. The standard InChI is InChI=1S/C11H8N2S2/c1-8-3-2-4-10(5-8)15-11(14)9(6-12)7-13/h2-5,14H,1H3. The molecule has 0 fully saturated rings. The SMILES string of the molecule is Cc1cccc(SC(S)=C(C#N)C#N)c1. The predicted molar refractivity (Wildman–Crippen MR) is 64.3 cm³/mol. The third-order valence-corrected chi connectivity index (χ3v) is 3.03. The van der Waals surface area contributed by atoms with Crippen LogP contribution in [-0.4, -0.2) is 0 Å². The number of nitriles is 2. The van der Waals surface area contributed by atoms with E-state index in [9.17, 15) is 0 Å². The van der Waals surface area contributed by atoms with Crippen LogP contribution in [0.25, 0.3) is 0 Å². The fraction of sp³-hybridized carbons (Fsp3) is 0.0909. The zero-order valence-corrected chi connectivity index (χ0v) is 9.77. The third kappa shape index (κ3) is 3.36. The van der Waals surface area contributed by atoms with Gasteiger partial charge in [0.15, 0.2) is 0 Å². The minimum atomic E-state index is 0.0461. The van der Waals surface area contributed by atoms with E-state index in [1.807, 2.05) is 43.3 Å². The van der Waals surface area contributed by atoms with Gasteiger partial charge >= 0.3 is 0 Å². The minimum Gasteiger partial charge on any atom is -0.192 e. The zero-order chi connectivity index (χ0) is 11.3. The van der Waals surface area contributed by atoms with E-state index in [0.29, 0.717) is 4.24 Å². The fourth-order valence-corrected chi connectivity index (χ4v) is 2.19. The van der Waals surface area contributed by atoms with Crippen LogP contribution >= 0.6 is 24.4 Å². The van der Waals surface area contributed by atoms with Crippen molar-refractivity contribution in [2.24, 2.45) is 0 Å². The lowest BCUT2D eigenvalue weighted by Gasteiger charge is -2.01. The molecule has 0 aliphatic heterocycles. The molecule has 0 amide bonds. The van der Waals surface area contributed by atoms with Crippen LogP contribution in [0.2, 0.25) is 0 Å². The highest BCUT2D eigenvalue weighted by molar-refractivity contribution is 8.15. The van der Waals surface area contributed by atoms with Gasteiger partial charge in [-0.05, 0) is 19.1 Å². The highest BCUT2D eigenvalue weighted by atomic mass is 32.2. The monoisotopic (exact) mass is 232 g/mol. The highest BCUT2D eigenvalue weighted by Crippen LogP contribution is 2.31. The molecule has 15 heavy (non-hydrogen) atoms. The number of rotatable bonds is 2. The van der Waals surface area contributed by atoms with Crippen molar-refractivity contribution in [1.29, 1.82) is 10.5 Å². The van der Waals surface area contributed by atoms with Crippen LogP contribution < -0.4 is 0 Å². The molecule has 0 aliphatic carbocycles.